The van der Waals surface area contributed by atoms with E-state index in [0.29, 0.717) is 5.56 Å². The molecule has 65 heavy (non-hydrogen) atoms. The van der Waals surface area contributed by atoms with Gasteiger partial charge in [0.15, 0.2) is 75.6 Å². The number of rotatable bonds is 7. The normalized spacial score (nSPS) is 11.6. The number of carbonyl (C=O) groups is 1. The number of nitrogens with zero attached hydrogens (tertiary/aromatic N) is 1. The monoisotopic (exact) mass is 945 g/mol. The summed E-state index contributed by atoms with van der Waals surface area (Å²) >= 11 is 0. The van der Waals surface area contributed by atoms with Crippen molar-refractivity contribution < 1.29 is 102 Å². The van der Waals surface area contributed by atoms with Gasteiger partial charge in [-0.05, 0) is 12.1 Å². The van der Waals surface area contributed by atoms with Crippen molar-refractivity contribution in [1.82, 2.24) is 0 Å². The van der Waals surface area contributed by atoms with Gasteiger partial charge in [0.2, 0.25) is 24.0 Å². The zero-order valence-corrected chi connectivity index (χ0v) is 30.9. The lowest BCUT2D eigenvalue weighted by molar-refractivity contribution is -0.658. The molecule has 0 fully saturated rings. The molecule has 0 spiro atoms. The molecule has 1 aromatic heterocycles. The summed E-state index contributed by atoms with van der Waals surface area (Å²) < 4.78 is 309. The zero-order valence-electron chi connectivity index (χ0n) is 30.9. The summed E-state index contributed by atoms with van der Waals surface area (Å²) in [6.07, 6.45) is -5.85. The van der Waals surface area contributed by atoms with Gasteiger partial charge in [0.05, 0.1) is 0 Å². The number of halogens is 21. The molecule has 1 heterocycles. The molecule has 7 aromatic rings. The highest BCUT2D eigenvalue weighted by Crippen LogP contribution is 2.31. The predicted molar refractivity (Wildman–Crippen MR) is 184 cm³/mol. The molecule has 0 atom stereocenters. The molecular formula is C41H13BF21NO. The van der Waals surface area contributed by atoms with E-state index in [1.807, 2.05) is 42.5 Å². The Balaban J connectivity index is 0.000000289. The zero-order chi connectivity index (χ0) is 48.3. The van der Waals surface area contributed by atoms with Gasteiger partial charge in [-0.1, -0.05) is 42.5 Å². The van der Waals surface area contributed by atoms with Gasteiger partial charge < -0.3 is 0 Å². The van der Waals surface area contributed by atoms with Crippen LogP contribution >= 0.6 is 0 Å². The van der Waals surface area contributed by atoms with Gasteiger partial charge in [0.1, 0.15) is 52.7 Å². The first-order valence-electron chi connectivity index (χ1n) is 17.3. The maximum absolute atomic E-state index is 15.4. The Hall–Kier alpha value is -7.01. The van der Waals surface area contributed by atoms with E-state index in [4.69, 9.17) is 0 Å². The number of pyridine rings is 1. The van der Waals surface area contributed by atoms with Crippen molar-refractivity contribution in [3.8, 4) is 0 Å². The maximum Gasteiger partial charge on any atom is 0.227 e. The van der Waals surface area contributed by atoms with E-state index >= 15 is 35.1 Å². The van der Waals surface area contributed by atoms with Crippen molar-refractivity contribution in [2.45, 2.75) is 6.54 Å². The van der Waals surface area contributed by atoms with Crippen LogP contribution in [0, 0.1) is 122 Å². The molecule has 0 amide bonds. The van der Waals surface area contributed by atoms with Gasteiger partial charge in [0, 0.05) is 17.0 Å². The van der Waals surface area contributed by atoms with E-state index in [1.165, 1.54) is 12.3 Å². The summed E-state index contributed by atoms with van der Waals surface area (Å²) in [7, 11) is 0. The maximum atomic E-state index is 15.4. The van der Waals surface area contributed by atoms with Gasteiger partial charge >= 0.3 is 0 Å². The van der Waals surface area contributed by atoms with Crippen LogP contribution in [0.5, 0.6) is 0 Å². The first-order chi connectivity index (χ1) is 30.4. The summed E-state index contributed by atoms with van der Waals surface area (Å²) in [6.45, 7) is 0.127. The fourth-order valence-electron chi connectivity index (χ4n) is 7.15. The molecule has 6 aromatic carbocycles. The molecule has 0 N–H and O–H groups in total. The average Bonchev–Trinajstić information content (AvgIpc) is 3.29. The van der Waals surface area contributed by atoms with Gasteiger partial charge in [0.25, 0.3) is 0 Å². The summed E-state index contributed by atoms with van der Waals surface area (Å²) in [5.41, 5.74) is -12.9. The van der Waals surface area contributed by atoms with E-state index in [9.17, 15) is 61.9 Å². The second-order valence-corrected chi connectivity index (χ2v) is 13.4. The molecule has 0 saturated carbocycles. The standard InChI is InChI=1S/C24BF20.C17H13FNO/c26-5-1(6(27)14(35)21(42)13(5)34)25(2-7(28)15(36)22(43)16(37)8(2)29,3-9(30)17(38)23(44)18(39)10(3)31)4-11(32)19(40)24(45)20(41)12(4)33;18-15-10-14-8-4-5-9-16(14)19(11-15)12-17(20)13-6-2-1-3-7-13/h;1-11H,12H2/q-1;+1. The minimum atomic E-state index is -7.22. The van der Waals surface area contributed by atoms with Gasteiger partial charge in [-0.3, -0.25) is 4.79 Å². The Kier molecular flexibility index (Phi) is 12.8. The molecule has 0 unspecified atom stereocenters. The second-order valence-electron chi connectivity index (χ2n) is 13.4. The SMILES string of the molecule is Fc1c(F)c(F)c([B-](c2c(F)c(F)c(F)c(F)c2F)(c2c(F)c(F)c(F)c(F)c2F)c2c(F)c(F)c(F)c(F)c2F)c(F)c1F.O=C(C[n+]1cc(F)cc2ccccc21)c1ccccc1. The number of benzene rings is 6. The highest BCUT2D eigenvalue weighted by molar-refractivity contribution is 7.20. The molecule has 2 nitrogen and oxygen atoms in total. The van der Waals surface area contributed by atoms with Crippen molar-refractivity contribution >= 4 is 44.7 Å². The minimum Gasteiger partial charge on any atom is -0.287 e. The third kappa shape index (κ3) is 7.46. The van der Waals surface area contributed by atoms with Crippen LogP contribution in [0.2, 0.25) is 0 Å². The lowest BCUT2D eigenvalue weighted by Gasteiger charge is -2.44. The molecular weight excluding hydrogens is 932 g/mol. The number of hydrogen-bond acceptors (Lipinski definition) is 1. The molecule has 7 rings (SSSR count). The Bertz CT molecular complexity index is 2730. The number of aromatic nitrogens is 1. The lowest BCUT2D eigenvalue weighted by atomic mass is 9.12. The van der Waals surface area contributed by atoms with Crippen molar-refractivity contribution in [2.24, 2.45) is 0 Å². The van der Waals surface area contributed by atoms with Crippen LogP contribution < -0.4 is 26.4 Å². The highest BCUT2D eigenvalue weighted by Gasteiger charge is 2.52. The molecule has 0 saturated heterocycles. The smallest absolute Gasteiger partial charge is 0.227 e. The Morgan fingerprint density at radius 2 is 0.646 bits per heavy atom. The summed E-state index contributed by atoms with van der Waals surface area (Å²) in [5, 5.41) is 0.786. The number of fused-ring (bicyclic) bond motifs is 1. The van der Waals surface area contributed by atoms with Crippen LogP contribution in [-0.2, 0) is 6.54 Å². The molecule has 0 aliphatic carbocycles. The second kappa shape index (κ2) is 17.5. The Morgan fingerprint density at radius 1 is 0.369 bits per heavy atom. The lowest BCUT2D eigenvalue weighted by Crippen LogP contribution is -2.81. The van der Waals surface area contributed by atoms with Crippen molar-refractivity contribution in [1.29, 1.82) is 0 Å². The van der Waals surface area contributed by atoms with Gasteiger partial charge in [-0.2, -0.15) is 4.57 Å². The third-order valence-corrected chi connectivity index (χ3v) is 9.94. The van der Waals surface area contributed by atoms with Crippen LogP contribution in [0.3, 0.4) is 0 Å². The van der Waals surface area contributed by atoms with E-state index in [1.54, 1.807) is 16.7 Å². The van der Waals surface area contributed by atoms with Crippen LogP contribution in [0.15, 0.2) is 66.9 Å². The van der Waals surface area contributed by atoms with Crippen molar-refractivity contribution in [2.75, 3.05) is 0 Å². The number of ketones is 1. The number of Topliss-reactive ketones (excluding diaryl/α,β-unsaturated/α-hetero) is 1. The fraction of sp³-hybridized carbons (Fsp3) is 0.0244. The molecule has 0 aliphatic heterocycles. The highest BCUT2D eigenvalue weighted by atomic mass is 19.2. The third-order valence-electron chi connectivity index (χ3n) is 9.94. The Labute approximate surface area is 347 Å². The Morgan fingerprint density at radius 3 is 0.969 bits per heavy atom. The number of hydrogen-bond donors (Lipinski definition) is 0. The summed E-state index contributed by atoms with van der Waals surface area (Å²) in [6, 6.07) is 18.0. The van der Waals surface area contributed by atoms with Gasteiger partial charge in [-0.15, -0.1) is 21.9 Å². The predicted octanol–water partition coefficient (Wildman–Crippen LogP) is 9.00. The summed E-state index contributed by atoms with van der Waals surface area (Å²) in [5.74, 6) is -71.8. The van der Waals surface area contributed by atoms with E-state index in [-0.39, 0.29) is 18.1 Å². The molecule has 0 aliphatic rings. The first kappa shape index (κ1) is 47.5. The van der Waals surface area contributed by atoms with E-state index < -0.39 is 144 Å². The quantitative estimate of drug-likeness (QED) is 0.0391. The molecule has 0 bridgehead atoms. The van der Waals surface area contributed by atoms with Gasteiger partial charge in [-0.25, -0.2) is 92.2 Å². The van der Waals surface area contributed by atoms with Crippen LogP contribution in [0.25, 0.3) is 10.9 Å². The fourth-order valence-corrected chi connectivity index (χ4v) is 7.15. The molecule has 24 heteroatoms. The largest absolute Gasteiger partial charge is 0.287 e. The first-order valence-corrected chi connectivity index (χ1v) is 17.3. The van der Waals surface area contributed by atoms with E-state index in [2.05, 4.69) is 0 Å². The van der Waals surface area contributed by atoms with Crippen molar-refractivity contribution in [3.05, 3.63) is 195 Å². The number of carbonyl (C=O) groups excluding carboxylic acids is 1. The average molecular weight is 945 g/mol. The number of para-hydroxylation sites is 1. The van der Waals surface area contributed by atoms with Crippen LogP contribution in [0.4, 0.5) is 92.2 Å². The summed E-state index contributed by atoms with van der Waals surface area (Å²) in [4.78, 5) is 12.2. The van der Waals surface area contributed by atoms with Crippen LogP contribution in [-0.4, -0.2) is 11.9 Å². The molecule has 338 valence electrons. The topological polar surface area (TPSA) is 20.9 Å². The van der Waals surface area contributed by atoms with Crippen LogP contribution in [0.1, 0.15) is 10.4 Å². The molecule has 0 radical (unpaired) electrons. The minimum absolute atomic E-state index is 0.0358. The van der Waals surface area contributed by atoms with E-state index in [0.717, 1.165) is 10.9 Å². The van der Waals surface area contributed by atoms with Crippen molar-refractivity contribution in [3.63, 3.8) is 0 Å².